The monoisotopic (exact) mass is 381 g/mol. The van der Waals surface area contributed by atoms with Crippen LogP contribution in [0.1, 0.15) is 12.5 Å². The molecular formula is C20H16ClN3O3. The van der Waals surface area contributed by atoms with E-state index in [0.29, 0.717) is 16.4 Å². The summed E-state index contributed by atoms with van der Waals surface area (Å²) < 4.78 is 0. The van der Waals surface area contributed by atoms with Gasteiger partial charge in [-0.15, -0.1) is 0 Å². The molecule has 2 aromatic carbocycles. The van der Waals surface area contributed by atoms with Gasteiger partial charge in [0.1, 0.15) is 5.70 Å². The van der Waals surface area contributed by atoms with E-state index < -0.39 is 17.9 Å². The van der Waals surface area contributed by atoms with Crippen LogP contribution < -0.4 is 15.3 Å². The third-order valence-electron chi connectivity index (χ3n) is 4.67. The molecule has 2 aromatic rings. The first-order valence-corrected chi connectivity index (χ1v) is 8.78. The Balaban J connectivity index is 1.80. The number of amides is 2. The summed E-state index contributed by atoms with van der Waals surface area (Å²) in [6.07, 6.45) is 0. The fourth-order valence-electron chi connectivity index (χ4n) is 3.33. The van der Waals surface area contributed by atoms with Crippen LogP contribution in [-0.2, 0) is 14.4 Å². The molecule has 27 heavy (non-hydrogen) atoms. The average molecular weight is 382 g/mol. The number of Topliss-reactive ketones (excluding diaryl/α,β-unsaturated/α-hetero) is 1. The lowest BCUT2D eigenvalue weighted by Crippen LogP contribution is -2.46. The van der Waals surface area contributed by atoms with Crippen molar-refractivity contribution in [2.45, 2.75) is 19.9 Å². The number of rotatable bonds is 3. The van der Waals surface area contributed by atoms with Gasteiger partial charge in [-0.05, 0) is 43.3 Å². The van der Waals surface area contributed by atoms with E-state index in [1.54, 1.807) is 36.4 Å². The summed E-state index contributed by atoms with van der Waals surface area (Å²) in [5.41, 5.74) is 5.37. The predicted molar refractivity (Wildman–Crippen MR) is 102 cm³/mol. The van der Waals surface area contributed by atoms with Gasteiger partial charge < -0.3 is 0 Å². The fourth-order valence-corrected chi connectivity index (χ4v) is 3.46. The summed E-state index contributed by atoms with van der Waals surface area (Å²) in [5.74, 6) is -1.20. The lowest BCUT2D eigenvalue weighted by molar-refractivity contribution is -0.121. The highest BCUT2D eigenvalue weighted by Gasteiger charge is 2.53. The number of allylic oxidation sites excluding steroid dienone is 1. The van der Waals surface area contributed by atoms with Crippen molar-refractivity contribution in [3.8, 4) is 0 Å². The van der Waals surface area contributed by atoms with Crippen LogP contribution in [0.4, 0.5) is 11.4 Å². The topological polar surface area (TPSA) is 69.7 Å². The number of hydrazine groups is 1. The van der Waals surface area contributed by atoms with Gasteiger partial charge in [0.2, 0.25) is 0 Å². The van der Waals surface area contributed by atoms with Gasteiger partial charge in [-0.3, -0.25) is 24.8 Å². The molecule has 0 aromatic heterocycles. The zero-order chi connectivity index (χ0) is 19.3. The van der Waals surface area contributed by atoms with Crippen molar-refractivity contribution < 1.29 is 14.4 Å². The van der Waals surface area contributed by atoms with Gasteiger partial charge >= 0.3 is 0 Å². The number of halogens is 1. The van der Waals surface area contributed by atoms with Crippen LogP contribution >= 0.6 is 11.6 Å². The Hall–Kier alpha value is -3.12. The van der Waals surface area contributed by atoms with Gasteiger partial charge in [0, 0.05) is 11.9 Å². The largest absolute Gasteiger partial charge is 0.293 e. The zero-order valence-corrected chi connectivity index (χ0v) is 15.4. The molecule has 6 nitrogen and oxygen atoms in total. The van der Waals surface area contributed by atoms with E-state index >= 15 is 0 Å². The molecular weight excluding hydrogens is 366 g/mol. The van der Waals surface area contributed by atoms with E-state index in [0.717, 1.165) is 10.5 Å². The third-order valence-corrected chi connectivity index (χ3v) is 4.92. The highest BCUT2D eigenvalue weighted by Crippen LogP contribution is 2.37. The number of carbonyl (C=O) groups is 3. The molecule has 1 atom stereocenters. The fraction of sp³-hybridized carbons (Fsp3) is 0.150. The number of fused-ring (bicyclic) bond motifs is 1. The summed E-state index contributed by atoms with van der Waals surface area (Å²) in [7, 11) is 0. The minimum Gasteiger partial charge on any atom is -0.293 e. The Morgan fingerprint density at radius 2 is 1.59 bits per heavy atom. The Bertz CT molecular complexity index is 996. The molecule has 0 bridgehead atoms. The van der Waals surface area contributed by atoms with Crippen molar-refractivity contribution in [2.24, 2.45) is 0 Å². The molecule has 4 rings (SSSR count). The second-order valence-corrected chi connectivity index (χ2v) is 6.96. The van der Waals surface area contributed by atoms with Gasteiger partial charge in [-0.25, -0.2) is 4.90 Å². The molecule has 1 N–H and O–H groups in total. The number of nitrogens with one attached hydrogen (secondary N) is 1. The van der Waals surface area contributed by atoms with Gasteiger partial charge in [-0.2, -0.15) is 0 Å². The van der Waals surface area contributed by atoms with E-state index in [-0.39, 0.29) is 17.1 Å². The van der Waals surface area contributed by atoms with Crippen LogP contribution in [0.3, 0.4) is 0 Å². The smallest absolute Gasteiger partial charge is 0.266 e. The Labute approximate surface area is 161 Å². The van der Waals surface area contributed by atoms with Crippen LogP contribution in [0.2, 0.25) is 5.02 Å². The molecule has 2 aliphatic heterocycles. The summed E-state index contributed by atoms with van der Waals surface area (Å²) in [6.45, 7) is 3.29. The number of hydrogen-bond donors (Lipinski definition) is 1. The summed E-state index contributed by atoms with van der Waals surface area (Å²) in [6, 6.07) is 13.0. The lowest BCUT2D eigenvalue weighted by atomic mass is 10.1. The lowest BCUT2D eigenvalue weighted by Gasteiger charge is -2.26. The van der Waals surface area contributed by atoms with Crippen LogP contribution in [0, 0.1) is 6.92 Å². The predicted octanol–water partition coefficient (Wildman–Crippen LogP) is 2.76. The standard InChI is InChI=1S/C20H16ClN3O3/c1-11-3-7-14(8-4-11)23-19(26)16-17(12(2)25)22-24(18(16)20(23)27)15-9-5-13(21)6-10-15/h3-10,18,22H,1-2H3/t18-/m0/s1. The first-order valence-electron chi connectivity index (χ1n) is 8.40. The number of hydrogen-bond acceptors (Lipinski definition) is 5. The van der Waals surface area contributed by atoms with Crippen LogP contribution in [0.25, 0.3) is 0 Å². The first kappa shape index (κ1) is 17.3. The summed E-state index contributed by atoms with van der Waals surface area (Å²) >= 11 is 5.94. The van der Waals surface area contributed by atoms with Gasteiger partial charge in [0.15, 0.2) is 11.8 Å². The molecule has 1 fully saturated rings. The number of imide groups is 1. The number of ketones is 1. The highest BCUT2D eigenvalue weighted by atomic mass is 35.5. The second kappa shape index (κ2) is 6.25. The Morgan fingerprint density at radius 3 is 2.19 bits per heavy atom. The van der Waals surface area contributed by atoms with Crippen molar-refractivity contribution in [1.29, 1.82) is 0 Å². The molecule has 2 heterocycles. The van der Waals surface area contributed by atoms with Crippen molar-refractivity contribution in [1.82, 2.24) is 5.43 Å². The summed E-state index contributed by atoms with van der Waals surface area (Å²) in [5, 5.41) is 2.09. The normalized spacial score (nSPS) is 18.9. The molecule has 0 radical (unpaired) electrons. The number of benzene rings is 2. The maximum absolute atomic E-state index is 13.2. The second-order valence-electron chi connectivity index (χ2n) is 6.52. The van der Waals surface area contributed by atoms with E-state index in [4.69, 9.17) is 11.6 Å². The Morgan fingerprint density at radius 1 is 1.00 bits per heavy atom. The SMILES string of the molecule is CC(=O)C1=C2C(=O)N(c3ccc(C)cc3)C(=O)[C@H]2N(c2ccc(Cl)cc2)N1. The van der Waals surface area contributed by atoms with Gasteiger partial charge in [0.25, 0.3) is 11.8 Å². The number of nitrogens with zero attached hydrogens (tertiary/aromatic N) is 2. The Kier molecular flexibility index (Phi) is 4.00. The van der Waals surface area contributed by atoms with Gasteiger partial charge in [-0.1, -0.05) is 29.3 Å². The highest BCUT2D eigenvalue weighted by molar-refractivity contribution is 6.34. The minimum atomic E-state index is -0.904. The van der Waals surface area contributed by atoms with Crippen molar-refractivity contribution in [3.63, 3.8) is 0 Å². The van der Waals surface area contributed by atoms with Crippen molar-refractivity contribution >= 4 is 40.6 Å². The zero-order valence-electron chi connectivity index (χ0n) is 14.7. The summed E-state index contributed by atoms with van der Waals surface area (Å²) in [4.78, 5) is 39.4. The molecule has 1 saturated heterocycles. The molecule has 136 valence electrons. The quantitative estimate of drug-likeness (QED) is 0.828. The number of aryl methyl sites for hydroxylation is 1. The third kappa shape index (κ3) is 2.69. The van der Waals surface area contributed by atoms with E-state index in [1.807, 2.05) is 19.1 Å². The van der Waals surface area contributed by atoms with Crippen molar-refractivity contribution in [2.75, 3.05) is 9.91 Å². The van der Waals surface area contributed by atoms with Crippen LogP contribution in [0.15, 0.2) is 59.8 Å². The minimum absolute atomic E-state index is 0.142. The average Bonchev–Trinajstić information content (AvgIpc) is 3.15. The molecule has 0 unspecified atom stereocenters. The first-order chi connectivity index (χ1) is 12.9. The molecule has 0 spiro atoms. The molecule has 0 aliphatic carbocycles. The van der Waals surface area contributed by atoms with Crippen molar-refractivity contribution in [3.05, 3.63) is 70.4 Å². The molecule has 2 amide bonds. The maximum atomic E-state index is 13.2. The van der Waals surface area contributed by atoms with Gasteiger partial charge in [0.05, 0.1) is 16.9 Å². The maximum Gasteiger partial charge on any atom is 0.266 e. The molecule has 0 saturated carbocycles. The number of carbonyl (C=O) groups excluding carboxylic acids is 3. The number of anilines is 2. The van der Waals surface area contributed by atoms with Crippen LogP contribution in [-0.4, -0.2) is 23.6 Å². The molecule has 2 aliphatic rings. The van der Waals surface area contributed by atoms with E-state index in [2.05, 4.69) is 5.43 Å². The van der Waals surface area contributed by atoms with E-state index in [1.165, 1.54) is 11.9 Å². The molecule has 7 heteroatoms. The van der Waals surface area contributed by atoms with E-state index in [9.17, 15) is 14.4 Å². The van der Waals surface area contributed by atoms with Crippen LogP contribution in [0.5, 0.6) is 0 Å².